The van der Waals surface area contributed by atoms with E-state index in [-0.39, 0.29) is 24.8 Å². The zero-order chi connectivity index (χ0) is 9.10. The highest BCUT2D eigenvalue weighted by Crippen LogP contribution is 2.25. The van der Waals surface area contributed by atoms with Crippen LogP contribution in [0.5, 0.6) is 5.75 Å². The molecule has 0 radical (unpaired) electrons. The van der Waals surface area contributed by atoms with Crippen LogP contribution in [0.1, 0.15) is 30.9 Å². The van der Waals surface area contributed by atoms with Gasteiger partial charge in [-0.15, -0.1) is 24.8 Å². The largest absolute Gasteiger partial charge is 0.494 e. The zero-order valence-corrected chi connectivity index (χ0v) is 10.6. The van der Waals surface area contributed by atoms with Gasteiger partial charge in [0, 0.05) is 0 Å². The standard InChI is InChI=1S/C12H16O.2ClH/c1-2-13-12-8-7-10-5-3-4-6-11(10)9-12;;/h7-9H,2-6H2,1H3;2*1H. The lowest BCUT2D eigenvalue weighted by molar-refractivity contribution is 0.339. The van der Waals surface area contributed by atoms with Gasteiger partial charge in [-0.25, -0.2) is 0 Å². The van der Waals surface area contributed by atoms with E-state index >= 15 is 0 Å². The molecule has 2 rings (SSSR count). The van der Waals surface area contributed by atoms with E-state index in [1.807, 2.05) is 6.92 Å². The highest BCUT2D eigenvalue weighted by Gasteiger charge is 2.09. The number of benzene rings is 1. The maximum Gasteiger partial charge on any atom is 0.119 e. The Morgan fingerprint density at radius 3 is 2.40 bits per heavy atom. The summed E-state index contributed by atoms with van der Waals surface area (Å²) in [6.45, 7) is 2.79. The third kappa shape index (κ3) is 3.58. The number of halogens is 2. The van der Waals surface area contributed by atoms with Crippen molar-refractivity contribution in [3.63, 3.8) is 0 Å². The van der Waals surface area contributed by atoms with E-state index in [1.54, 1.807) is 0 Å². The predicted molar refractivity (Wildman–Crippen MR) is 68.7 cm³/mol. The summed E-state index contributed by atoms with van der Waals surface area (Å²) in [6, 6.07) is 6.52. The lowest BCUT2D eigenvalue weighted by atomic mass is 9.92. The van der Waals surface area contributed by atoms with Crippen LogP contribution in [0.2, 0.25) is 0 Å². The predicted octanol–water partition coefficient (Wildman–Crippen LogP) is 3.81. The maximum atomic E-state index is 5.47. The Labute approximate surface area is 104 Å². The van der Waals surface area contributed by atoms with Crippen LogP contribution in [0, 0.1) is 0 Å². The van der Waals surface area contributed by atoms with Crippen LogP contribution >= 0.6 is 24.8 Å². The Morgan fingerprint density at radius 2 is 1.73 bits per heavy atom. The van der Waals surface area contributed by atoms with Crippen LogP contribution in [-0.2, 0) is 12.8 Å². The van der Waals surface area contributed by atoms with Gasteiger partial charge >= 0.3 is 0 Å². The topological polar surface area (TPSA) is 9.23 Å². The van der Waals surface area contributed by atoms with Crippen molar-refractivity contribution in [2.75, 3.05) is 6.61 Å². The van der Waals surface area contributed by atoms with Crippen LogP contribution in [0.4, 0.5) is 0 Å². The lowest BCUT2D eigenvalue weighted by Crippen LogP contribution is -2.03. The fourth-order valence-electron chi connectivity index (χ4n) is 1.97. The number of hydrogen-bond donors (Lipinski definition) is 0. The molecule has 0 N–H and O–H groups in total. The molecule has 0 fully saturated rings. The summed E-state index contributed by atoms with van der Waals surface area (Å²) in [5.74, 6) is 1.03. The second-order valence-corrected chi connectivity index (χ2v) is 3.57. The quantitative estimate of drug-likeness (QED) is 0.774. The van der Waals surface area contributed by atoms with Gasteiger partial charge in [-0.2, -0.15) is 0 Å². The highest BCUT2D eigenvalue weighted by atomic mass is 35.5. The Kier molecular flexibility index (Phi) is 6.78. The van der Waals surface area contributed by atoms with E-state index in [0.29, 0.717) is 0 Å². The second kappa shape index (κ2) is 6.97. The summed E-state index contributed by atoms with van der Waals surface area (Å²) in [7, 11) is 0. The van der Waals surface area contributed by atoms with Crippen LogP contribution in [0.3, 0.4) is 0 Å². The molecule has 0 aromatic heterocycles. The van der Waals surface area contributed by atoms with E-state index in [9.17, 15) is 0 Å². The number of hydrogen-bond acceptors (Lipinski definition) is 1. The fourth-order valence-corrected chi connectivity index (χ4v) is 1.97. The Morgan fingerprint density at radius 1 is 1.07 bits per heavy atom. The van der Waals surface area contributed by atoms with E-state index in [0.717, 1.165) is 12.4 Å². The van der Waals surface area contributed by atoms with Crippen molar-refractivity contribution in [2.24, 2.45) is 0 Å². The third-order valence-corrected chi connectivity index (χ3v) is 2.63. The van der Waals surface area contributed by atoms with Gasteiger partial charge in [0.25, 0.3) is 0 Å². The lowest BCUT2D eigenvalue weighted by Gasteiger charge is -2.16. The van der Waals surface area contributed by atoms with Crippen LogP contribution < -0.4 is 4.74 Å². The Hall–Kier alpha value is -0.400. The first-order chi connectivity index (χ1) is 6.40. The van der Waals surface area contributed by atoms with Gasteiger partial charge in [-0.05, 0) is 55.9 Å². The molecule has 1 aromatic rings. The van der Waals surface area contributed by atoms with Crippen LogP contribution in [0.25, 0.3) is 0 Å². The summed E-state index contributed by atoms with van der Waals surface area (Å²) in [5.41, 5.74) is 3.02. The summed E-state index contributed by atoms with van der Waals surface area (Å²) < 4.78 is 5.47. The molecule has 0 aliphatic heterocycles. The molecule has 1 aliphatic rings. The van der Waals surface area contributed by atoms with E-state index in [1.165, 1.54) is 36.8 Å². The monoisotopic (exact) mass is 248 g/mol. The van der Waals surface area contributed by atoms with Crippen LogP contribution in [-0.4, -0.2) is 6.61 Å². The van der Waals surface area contributed by atoms with E-state index in [4.69, 9.17) is 4.74 Å². The smallest absolute Gasteiger partial charge is 0.119 e. The number of aryl methyl sites for hydroxylation is 2. The van der Waals surface area contributed by atoms with Crippen molar-refractivity contribution >= 4 is 24.8 Å². The number of rotatable bonds is 2. The molecule has 1 aliphatic carbocycles. The number of ether oxygens (including phenoxy) is 1. The molecule has 0 spiro atoms. The van der Waals surface area contributed by atoms with Gasteiger partial charge in [0.15, 0.2) is 0 Å². The highest BCUT2D eigenvalue weighted by molar-refractivity contribution is 5.85. The molecule has 0 unspecified atom stereocenters. The molecule has 0 heterocycles. The van der Waals surface area contributed by atoms with Crippen molar-refractivity contribution in [1.29, 1.82) is 0 Å². The summed E-state index contributed by atoms with van der Waals surface area (Å²) in [5, 5.41) is 0. The first kappa shape index (κ1) is 14.6. The van der Waals surface area contributed by atoms with Crippen molar-refractivity contribution in [3.8, 4) is 5.75 Å². The SMILES string of the molecule is CCOc1ccc2c(c1)CCCC2.Cl.Cl. The van der Waals surface area contributed by atoms with Crippen LogP contribution in [0.15, 0.2) is 18.2 Å². The second-order valence-electron chi connectivity index (χ2n) is 3.57. The first-order valence-electron chi connectivity index (χ1n) is 5.15. The average molecular weight is 249 g/mol. The van der Waals surface area contributed by atoms with Gasteiger partial charge in [0.05, 0.1) is 6.61 Å². The molecular weight excluding hydrogens is 231 g/mol. The van der Waals surface area contributed by atoms with Gasteiger partial charge < -0.3 is 4.74 Å². The number of fused-ring (bicyclic) bond motifs is 1. The molecule has 0 atom stereocenters. The average Bonchev–Trinajstić information content (AvgIpc) is 2.18. The molecule has 3 heteroatoms. The molecule has 15 heavy (non-hydrogen) atoms. The molecule has 0 bridgehead atoms. The van der Waals surface area contributed by atoms with Gasteiger partial charge in [0.1, 0.15) is 5.75 Å². The Bertz CT molecular complexity index is 300. The minimum Gasteiger partial charge on any atom is -0.494 e. The van der Waals surface area contributed by atoms with E-state index in [2.05, 4.69) is 18.2 Å². The van der Waals surface area contributed by atoms with Gasteiger partial charge in [-0.3, -0.25) is 0 Å². The maximum absolute atomic E-state index is 5.47. The zero-order valence-electron chi connectivity index (χ0n) is 8.99. The summed E-state index contributed by atoms with van der Waals surface area (Å²) in [6.07, 6.45) is 5.17. The van der Waals surface area contributed by atoms with Crippen molar-refractivity contribution in [3.05, 3.63) is 29.3 Å². The molecule has 0 saturated carbocycles. The molecule has 0 saturated heterocycles. The molecule has 0 amide bonds. The summed E-state index contributed by atoms with van der Waals surface area (Å²) in [4.78, 5) is 0. The van der Waals surface area contributed by atoms with Gasteiger partial charge in [0.2, 0.25) is 0 Å². The Balaban J connectivity index is 0.000000980. The minimum absolute atomic E-state index is 0. The minimum atomic E-state index is 0. The van der Waals surface area contributed by atoms with Crippen molar-refractivity contribution in [2.45, 2.75) is 32.6 Å². The third-order valence-electron chi connectivity index (χ3n) is 2.63. The molecule has 86 valence electrons. The molecule has 1 nitrogen and oxygen atoms in total. The summed E-state index contributed by atoms with van der Waals surface area (Å²) >= 11 is 0. The van der Waals surface area contributed by atoms with Crippen molar-refractivity contribution < 1.29 is 4.74 Å². The van der Waals surface area contributed by atoms with Crippen molar-refractivity contribution in [1.82, 2.24) is 0 Å². The molecule has 1 aromatic carbocycles. The normalized spacial score (nSPS) is 13.1. The van der Waals surface area contributed by atoms with E-state index < -0.39 is 0 Å². The fraction of sp³-hybridized carbons (Fsp3) is 0.500. The van der Waals surface area contributed by atoms with Gasteiger partial charge in [-0.1, -0.05) is 6.07 Å². The molecular formula is C12H18Cl2O. The first-order valence-corrected chi connectivity index (χ1v) is 5.15.